The molecule has 0 aliphatic carbocycles. The maximum Gasteiger partial charge on any atom is 0.0534 e. The molecule has 18 heavy (non-hydrogen) atoms. The van der Waals surface area contributed by atoms with Gasteiger partial charge in [-0.05, 0) is 19.3 Å². The van der Waals surface area contributed by atoms with Gasteiger partial charge in [0.15, 0.2) is 0 Å². The van der Waals surface area contributed by atoms with Crippen molar-refractivity contribution in [3.8, 4) is 0 Å². The summed E-state index contributed by atoms with van der Waals surface area (Å²) in [7, 11) is 1.98. The Hall–Kier alpha value is -0.870. The number of aromatic nitrogens is 2. The van der Waals surface area contributed by atoms with E-state index in [0.29, 0.717) is 12.1 Å². The number of hydrogen-bond acceptors (Lipinski definition) is 3. The molecule has 0 aromatic carbocycles. The zero-order valence-corrected chi connectivity index (χ0v) is 12.1. The van der Waals surface area contributed by atoms with Crippen LogP contribution in [0.15, 0.2) is 12.4 Å². The molecule has 1 fully saturated rings. The van der Waals surface area contributed by atoms with Gasteiger partial charge in [0.2, 0.25) is 0 Å². The van der Waals surface area contributed by atoms with Crippen molar-refractivity contribution in [2.24, 2.45) is 13.0 Å². The maximum absolute atomic E-state index is 4.25. The van der Waals surface area contributed by atoms with Gasteiger partial charge in [-0.25, -0.2) is 0 Å². The summed E-state index contributed by atoms with van der Waals surface area (Å²) < 4.78 is 1.88. The second-order valence-electron chi connectivity index (χ2n) is 6.04. The summed E-state index contributed by atoms with van der Waals surface area (Å²) in [6.07, 6.45) is 5.36. The summed E-state index contributed by atoms with van der Waals surface area (Å²) in [5.41, 5.74) is 1.31. The Kier molecular flexibility index (Phi) is 4.40. The SMILES string of the molecule is CC(C)CC1CN(Cc2cnn(C)c2)C(C)CN1. The van der Waals surface area contributed by atoms with Crippen LogP contribution in [0, 0.1) is 5.92 Å². The van der Waals surface area contributed by atoms with Crippen LogP contribution in [0.3, 0.4) is 0 Å². The van der Waals surface area contributed by atoms with Gasteiger partial charge in [0.05, 0.1) is 6.20 Å². The Labute approximate surface area is 110 Å². The van der Waals surface area contributed by atoms with E-state index in [1.807, 2.05) is 17.9 Å². The van der Waals surface area contributed by atoms with Crippen molar-refractivity contribution in [3.05, 3.63) is 18.0 Å². The van der Waals surface area contributed by atoms with E-state index in [-0.39, 0.29) is 0 Å². The number of nitrogens with one attached hydrogen (secondary N) is 1. The highest BCUT2D eigenvalue weighted by Crippen LogP contribution is 2.15. The molecule has 0 radical (unpaired) electrons. The summed E-state index contributed by atoms with van der Waals surface area (Å²) in [5.74, 6) is 0.760. The minimum Gasteiger partial charge on any atom is -0.311 e. The Morgan fingerprint density at radius 1 is 1.50 bits per heavy atom. The molecule has 4 heteroatoms. The smallest absolute Gasteiger partial charge is 0.0534 e. The zero-order valence-electron chi connectivity index (χ0n) is 12.1. The lowest BCUT2D eigenvalue weighted by molar-refractivity contribution is 0.125. The summed E-state index contributed by atoms with van der Waals surface area (Å²) in [6, 6.07) is 1.24. The van der Waals surface area contributed by atoms with Crippen LogP contribution >= 0.6 is 0 Å². The first-order valence-electron chi connectivity index (χ1n) is 6.99. The molecule has 4 nitrogen and oxygen atoms in total. The molecular formula is C14H26N4. The van der Waals surface area contributed by atoms with Crippen molar-refractivity contribution in [3.63, 3.8) is 0 Å². The van der Waals surface area contributed by atoms with E-state index in [9.17, 15) is 0 Å². The van der Waals surface area contributed by atoms with Crippen LogP contribution in [0.25, 0.3) is 0 Å². The molecule has 1 aliphatic heterocycles. The molecule has 1 aromatic rings. The van der Waals surface area contributed by atoms with E-state index in [1.54, 1.807) is 0 Å². The second-order valence-corrected chi connectivity index (χ2v) is 6.04. The molecule has 0 bridgehead atoms. The molecule has 1 saturated heterocycles. The molecule has 0 saturated carbocycles. The predicted octanol–water partition coefficient (Wildman–Crippen LogP) is 1.63. The first kappa shape index (κ1) is 13.6. The Bertz CT molecular complexity index is 372. The van der Waals surface area contributed by atoms with Gasteiger partial charge in [-0.3, -0.25) is 9.58 Å². The predicted molar refractivity (Wildman–Crippen MR) is 74.3 cm³/mol. The standard InChI is InChI=1S/C14H26N4/c1-11(2)5-14-10-18(12(3)6-15-14)9-13-7-16-17(4)8-13/h7-8,11-12,14-15H,5-6,9-10H2,1-4H3. The van der Waals surface area contributed by atoms with Gasteiger partial charge in [0.1, 0.15) is 0 Å². The first-order valence-corrected chi connectivity index (χ1v) is 6.99. The molecule has 1 N–H and O–H groups in total. The molecule has 2 rings (SSSR count). The van der Waals surface area contributed by atoms with Crippen LogP contribution in [0.2, 0.25) is 0 Å². The van der Waals surface area contributed by atoms with Crippen molar-refractivity contribution in [2.45, 2.75) is 45.8 Å². The Morgan fingerprint density at radius 3 is 2.89 bits per heavy atom. The van der Waals surface area contributed by atoms with Crippen LogP contribution < -0.4 is 5.32 Å². The highest BCUT2D eigenvalue weighted by Gasteiger charge is 2.25. The van der Waals surface area contributed by atoms with E-state index < -0.39 is 0 Å². The normalized spacial score (nSPS) is 25.8. The first-order chi connectivity index (χ1) is 8.54. The highest BCUT2D eigenvalue weighted by atomic mass is 15.3. The van der Waals surface area contributed by atoms with Crippen LogP contribution in [0.1, 0.15) is 32.8 Å². The zero-order chi connectivity index (χ0) is 13.1. The van der Waals surface area contributed by atoms with Gasteiger partial charge in [0.25, 0.3) is 0 Å². The lowest BCUT2D eigenvalue weighted by Gasteiger charge is -2.39. The summed E-state index contributed by atoms with van der Waals surface area (Å²) in [4.78, 5) is 2.57. The van der Waals surface area contributed by atoms with Gasteiger partial charge >= 0.3 is 0 Å². The minimum atomic E-state index is 0.605. The van der Waals surface area contributed by atoms with E-state index in [4.69, 9.17) is 0 Å². The third-order valence-electron chi connectivity index (χ3n) is 3.68. The number of rotatable bonds is 4. The largest absolute Gasteiger partial charge is 0.311 e. The molecular weight excluding hydrogens is 224 g/mol. The van der Waals surface area contributed by atoms with Crippen molar-refractivity contribution in [1.29, 1.82) is 0 Å². The van der Waals surface area contributed by atoms with Crippen LogP contribution in [-0.2, 0) is 13.6 Å². The van der Waals surface area contributed by atoms with Gasteiger partial charge in [-0.2, -0.15) is 5.10 Å². The average Bonchev–Trinajstić information content (AvgIpc) is 2.68. The fraction of sp³-hybridized carbons (Fsp3) is 0.786. The van der Waals surface area contributed by atoms with E-state index in [2.05, 4.69) is 42.3 Å². The average molecular weight is 250 g/mol. The van der Waals surface area contributed by atoms with E-state index >= 15 is 0 Å². The topological polar surface area (TPSA) is 33.1 Å². The molecule has 0 amide bonds. The third-order valence-corrected chi connectivity index (χ3v) is 3.68. The maximum atomic E-state index is 4.25. The summed E-state index contributed by atoms with van der Waals surface area (Å²) >= 11 is 0. The number of nitrogens with zero attached hydrogens (tertiary/aromatic N) is 3. The van der Waals surface area contributed by atoms with Crippen LogP contribution in [0.4, 0.5) is 0 Å². The second kappa shape index (κ2) is 5.85. The fourth-order valence-corrected chi connectivity index (χ4v) is 2.73. The fourth-order valence-electron chi connectivity index (χ4n) is 2.73. The van der Waals surface area contributed by atoms with Gasteiger partial charge in [-0.15, -0.1) is 0 Å². The lowest BCUT2D eigenvalue weighted by Crippen LogP contribution is -2.55. The number of hydrogen-bond donors (Lipinski definition) is 1. The van der Waals surface area contributed by atoms with Crippen molar-refractivity contribution < 1.29 is 0 Å². The molecule has 0 spiro atoms. The molecule has 102 valence electrons. The van der Waals surface area contributed by atoms with Crippen molar-refractivity contribution in [2.75, 3.05) is 13.1 Å². The van der Waals surface area contributed by atoms with Crippen LogP contribution in [0.5, 0.6) is 0 Å². The molecule has 1 aliphatic rings. The molecule has 2 heterocycles. The minimum absolute atomic E-state index is 0.605. The Morgan fingerprint density at radius 2 is 2.28 bits per heavy atom. The summed E-state index contributed by atoms with van der Waals surface area (Å²) in [6.45, 7) is 10.2. The lowest BCUT2D eigenvalue weighted by atomic mass is 10.00. The van der Waals surface area contributed by atoms with Gasteiger partial charge in [-0.1, -0.05) is 13.8 Å². The van der Waals surface area contributed by atoms with E-state index in [0.717, 1.165) is 25.6 Å². The number of aryl methyl sites for hydroxylation is 1. The third kappa shape index (κ3) is 3.56. The van der Waals surface area contributed by atoms with Crippen molar-refractivity contribution >= 4 is 0 Å². The van der Waals surface area contributed by atoms with Gasteiger partial charge < -0.3 is 5.32 Å². The molecule has 1 aromatic heterocycles. The highest BCUT2D eigenvalue weighted by molar-refractivity contribution is 5.04. The van der Waals surface area contributed by atoms with Crippen LogP contribution in [-0.4, -0.2) is 39.9 Å². The van der Waals surface area contributed by atoms with Crippen molar-refractivity contribution in [1.82, 2.24) is 20.0 Å². The molecule has 2 unspecified atom stereocenters. The quantitative estimate of drug-likeness (QED) is 0.881. The number of piperazine rings is 1. The van der Waals surface area contributed by atoms with E-state index in [1.165, 1.54) is 12.0 Å². The molecule has 2 atom stereocenters. The van der Waals surface area contributed by atoms with Gasteiger partial charge in [0, 0.05) is 50.5 Å². The monoisotopic (exact) mass is 250 g/mol. The Balaban J connectivity index is 1.93. The summed E-state index contributed by atoms with van der Waals surface area (Å²) in [5, 5.41) is 7.91.